The highest BCUT2D eigenvalue weighted by molar-refractivity contribution is 5.79. The van der Waals surface area contributed by atoms with E-state index in [9.17, 15) is 18.0 Å². The zero-order chi connectivity index (χ0) is 10.2. The highest BCUT2D eigenvalue weighted by Crippen LogP contribution is 2.17. The van der Waals surface area contributed by atoms with Gasteiger partial charge in [-0.1, -0.05) is 13.0 Å². The molecule has 1 N–H and O–H groups in total. The zero-order valence-corrected chi connectivity index (χ0v) is 6.85. The van der Waals surface area contributed by atoms with Crippen molar-refractivity contribution in [2.24, 2.45) is 0 Å². The van der Waals surface area contributed by atoms with Crippen molar-refractivity contribution in [3.63, 3.8) is 0 Å². The molecule has 0 amide bonds. The predicted octanol–water partition coefficient (Wildman–Crippen LogP) is 2.61. The van der Waals surface area contributed by atoms with Crippen LogP contribution >= 0.6 is 0 Å². The first kappa shape index (κ1) is 13.6. The molecule has 0 spiro atoms. The summed E-state index contributed by atoms with van der Waals surface area (Å²) in [5.41, 5.74) is 0. The lowest BCUT2D eigenvalue weighted by Gasteiger charge is -1.96. The van der Waals surface area contributed by atoms with Crippen LogP contribution in [-0.4, -0.2) is 17.3 Å². The molecule has 0 aromatic heterocycles. The average molecular weight is 184 g/mol. The van der Waals surface area contributed by atoms with Crippen LogP contribution in [0.2, 0.25) is 0 Å². The molecule has 12 heavy (non-hydrogen) atoms. The van der Waals surface area contributed by atoms with Crippen LogP contribution in [0.15, 0.2) is 12.2 Å². The van der Waals surface area contributed by atoms with Crippen molar-refractivity contribution in [1.29, 1.82) is 0 Å². The van der Waals surface area contributed by atoms with Crippen molar-refractivity contribution in [1.82, 2.24) is 0 Å². The summed E-state index contributed by atoms with van der Waals surface area (Å²) in [6.07, 6.45) is -2.13. The Labute approximate surface area is 68.7 Å². The lowest BCUT2D eigenvalue weighted by atomic mass is 10.5. The number of allylic oxidation sites excluding steroid dienone is 1. The lowest BCUT2D eigenvalue weighted by molar-refractivity contribution is -0.132. The number of alkyl halides is 3. The van der Waals surface area contributed by atoms with Gasteiger partial charge in [0.15, 0.2) is 0 Å². The molecule has 0 saturated heterocycles. The Morgan fingerprint density at radius 2 is 1.83 bits per heavy atom. The molecular formula is C7H11F3O2. The maximum absolute atomic E-state index is 10.8. The molecule has 0 radical (unpaired) electrons. The SMILES string of the molecule is CC=CC(=O)O.CCC(F)(F)F. The molecular weight excluding hydrogens is 173 g/mol. The summed E-state index contributed by atoms with van der Waals surface area (Å²) in [5.74, 6) is -0.891. The minimum absolute atomic E-state index is 0.729. The second kappa shape index (κ2) is 6.69. The van der Waals surface area contributed by atoms with E-state index in [-0.39, 0.29) is 0 Å². The van der Waals surface area contributed by atoms with E-state index < -0.39 is 18.6 Å². The van der Waals surface area contributed by atoms with E-state index in [4.69, 9.17) is 5.11 Å². The topological polar surface area (TPSA) is 37.3 Å². The fourth-order valence-electron chi connectivity index (χ4n) is 0.143. The Balaban J connectivity index is 0. The number of halogens is 3. The molecule has 0 aliphatic rings. The maximum Gasteiger partial charge on any atom is 0.388 e. The van der Waals surface area contributed by atoms with E-state index in [0.717, 1.165) is 13.0 Å². The summed E-state index contributed by atoms with van der Waals surface area (Å²) >= 11 is 0. The molecule has 0 aliphatic heterocycles. The smallest absolute Gasteiger partial charge is 0.388 e. The molecule has 0 unspecified atom stereocenters. The molecule has 0 aromatic carbocycles. The Bertz CT molecular complexity index is 149. The van der Waals surface area contributed by atoms with Gasteiger partial charge in [0.05, 0.1) is 0 Å². The highest BCUT2D eigenvalue weighted by Gasteiger charge is 2.22. The van der Waals surface area contributed by atoms with Gasteiger partial charge in [-0.2, -0.15) is 13.2 Å². The summed E-state index contributed by atoms with van der Waals surface area (Å²) in [7, 11) is 0. The van der Waals surface area contributed by atoms with E-state index >= 15 is 0 Å². The van der Waals surface area contributed by atoms with Gasteiger partial charge in [0.25, 0.3) is 0 Å². The van der Waals surface area contributed by atoms with Crippen LogP contribution in [0.1, 0.15) is 20.3 Å². The number of hydrogen-bond acceptors (Lipinski definition) is 1. The first-order valence-electron chi connectivity index (χ1n) is 3.25. The summed E-state index contributed by atoms with van der Waals surface area (Å²) < 4.78 is 32.4. The van der Waals surface area contributed by atoms with Crippen molar-refractivity contribution in [2.75, 3.05) is 0 Å². The minimum Gasteiger partial charge on any atom is -0.478 e. The summed E-state index contributed by atoms with van der Waals surface area (Å²) in [5, 5.41) is 7.83. The van der Waals surface area contributed by atoms with E-state index in [1.165, 1.54) is 6.08 Å². The molecule has 0 saturated carbocycles. The Kier molecular flexibility index (Phi) is 7.58. The third-order valence-electron chi connectivity index (χ3n) is 0.710. The maximum atomic E-state index is 10.8. The first-order valence-corrected chi connectivity index (χ1v) is 3.25. The molecule has 5 heteroatoms. The molecule has 0 rings (SSSR count). The highest BCUT2D eigenvalue weighted by atomic mass is 19.4. The average Bonchev–Trinajstić information content (AvgIpc) is 1.87. The monoisotopic (exact) mass is 184 g/mol. The molecule has 0 heterocycles. The van der Waals surface area contributed by atoms with Gasteiger partial charge in [-0.25, -0.2) is 4.79 Å². The van der Waals surface area contributed by atoms with Gasteiger partial charge < -0.3 is 5.11 Å². The number of rotatable bonds is 1. The van der Waals surface area contributed by atoms with Gasteiger partial charge in [0.2, 0.25) is 0 Å². The van der Waals surface area contributed by atoms with Crippen molar-refractivity contribution in [3.8, 4) is 0 Å². The van der Waals surface area contributed by atoms with E-state index in [1.54, 1.807) is 6.92 Å². The Morgan fingerprint density at radius 3 is 1.83 bits per heavy atom. The molecule has 0 atom stereocenters. The van der Waals surface area contributed by atoms with Gasteiger partial charge in [-0.15, -0.1) is 0 Å². The van der Waals surface area contributed by atoms with Crippen LogP contribution in [0.5, 0.6) is 0 Å². The lowest BCUT2D eigenvalue weighted by Crippen LogP contribution is -2.02. The minimum atomic E-state index is -3.96. The van der Waals surface area contributed by atoms with Crippen LogP contribution in [-0.2, 0) is 4.79 Å². The molecule has 2 nitrogen and oxygen atoms in total. The molecule has 0 bridgehead atoms. The quantitative estimate of drug-likeness (QED) is 0.636. The van der Waals surface area contributed by atoms with Gasteiger partial charge in [0, 0.05) is 12.5 Å². The zero-order valence-electron chi connectivity index (χ0n) is 6.85. The summed E-state index contributed by atoms with van der Waals surface area (Å²) in [6, 6.07) is 0. The molecule has 0 fully saturated rings. The Hall–Kier alpha value is -1.00. The van der Waals surface area contributed by atoms with Crippen LogP contribution in [0, 0.1) is 0 Å². The summed E-state index contributed by atoms with van der Waals surface area (Å²) in [4.78, 5) is 9.51. The van der Waals surface area contributed by atoms with Gasteiger partial charge in [-0.05, 0) is 6.92 Å². The Morgan fingerprint density at radius 1 is 1.50 bits per heavy atom. The van der Waals surface area contributed by atoms with E-state index in [2.05, 4.69) is 0 Å². The number of aliphatic carboxylic acids is 1. The normalized spacial score (nSPS) is 10.8. The van der Waals surface area contributed by atoms with Gasteiger partial charge >= 0.3 is 12.1 Å². The second-order valence-electron chi connectivity index (χ2n) is 1.81. The molecule has 0 aliphatic carbocycles. The van der Waals surface area contributed by atoms with E-state index in [0.29, 0.717) is 0 Å². The number of carboxylic acid groups (broad SMARTS) is 1. The van der Waals surface area contributed by atoms with Crippen molar-refractivity contribution >= 4 is 5.97 Å². The number of carbonyl (C=O) groups is 1. The second-order valence-corrected chi connectivity index (χ2v) is 1.81. The summed E-state index contributed by atoms with van der Waals surface area (Å²) in [6.45, 7) is 2.74. The third kappa shape index (κ3) is 23.0. The molecule has 0 aromatic rings. The number of hydrogen-bond donors (Lipinski definition) is 1. The van der Waals surface area contributed by atoms with Gasteiger partial charge in [-0.3, -0.25) is 0 Å². The first-order chi connectivity index (χ1) is 5.33. The van der Waals surface area contributed by atoms with Gasteiger partial charge in [0.1, 0.15) is 0 Å². The predicted molar refractivity (Wildman–Crippen MR) is 38.8 cm³/mol. The molecule has 72 valence electrons. The third-order valence-corrected chi connectivity index (χ3v) is 0.710. The van der Waals surface area contributed by atoms with Crippen LogP contribution in [0.4, 0.5) is 13.2 Å². The van der Waals surface area contributed by atoms with Crippen LogP contribution in [0.25, 0.3) is 0 Å². The van der Waals surface area contributed by atoms with Crippen LogP contribution < -0.4 is 0 Å². The van der Waals surface area contributed by atoms with E-state index in [1.807, 2.05) is 0 Å². The van der Waals surface area contributed by atoms with Crippen molar-refractivity contribution in [2.45, 2.75) is 26.4 Å². The number of carboxylic acids is 1. The largest absolute Gasteiger partial charge is 0.478 e. The van der Waals surface area contributed by atoms with Crippen molar-refractivity contribution in [3.05, 3.63) is 12.2 Å². The van der Waals surface area contributed by atoms with Crippen LogP contribution in [0.3, 0.4) is 0 Å². The van der Waals surface area contributed by atoms with Crippen molar-refractivity contribution < 1.29 is 23.1 Å². The fraction of sp³-hybridized carbons (Fsp3) is 0.571. The standard InChI is InChI=1S/C4H6O2.C3H5F3/c1-2-3-4(5)6;1-2-3(4,5)6/h2-3H,1H3,(H,5,6);2H2,1H3. The fourth-order valence-corrected chi connectivity index (χ4v) is 0.143.